The van der Waals surface area contributed by atoms with Crippen LogP contribution in [0.2, 0.25) is 0 Å². The third kappa shape index (κ3) is 8.33. The SMILES string of the molecule is CCCCCOc1ccc(-c2ccc(OCCCCCC(C)CC)cc2)nc1. The predicted octanol–water partition coefficient (Wildman–Crippen LogP) is 7.30. The molecule has 0 fully saturated rings. The predicted molar refractivity (Wildman–Crippen MR) is 118 cm³/mol. The summed E-state index contributed by atoms with van der Waals surface area (Å²) in [7, 11) is 0. The minimum absolute atomic E-state index is 0.762. The summed E-state index contributed by atoms with van der Waals surface area (Å²) in [6.45, 7) is 8.35. The molecule has 0 aliphatic heterocycles. The molecule has 0 aliphatic carbocycles. The number of unbranched alkanes of at least 4 members (excludes halogenated alkanes) is 4. The van der Waals surface area contributed by atoms with Gasteiger partial charge in [-0.05, 0) is 55.2 Å². The quantitative estimate of drug-likeness (QED) is 0.321. The summed E-state index contributed by atoms with van der Waals surface area (Å²) in [5.41, 5.74) is 2.05. The number of nitrogens with zero attached hydrogens (tertiary/aromatic N) is 1. The fraction of sp³-hybridized carbons (Fsp3) is 0.560. The highest BCUT2D eigenvalue weighted by atomic mass is 16.5. The minimum Gasteiger partial charge on any atom is -0.494 e. The van der Waals surface area contributed by atoms with Gasteiger partial charge in [-0.15, -0.1) is 0 Å². The largest absolute Gasteiger partial charge is 0.494 e. The van der Waals surface area contributed by atoms with Crippen molar-refractivity contribution in [2.75, 3.05) is 13.2 Å². The maximum atomic E-state index is 5.87. The van der Waals surface area contributed by atoms with E-state index in [1.54, 1.807) is 0 Å². The smallest absolute Gasteiger partial charge is 0.137 e. The Balaban J connectivity index is 1.71. The first-order valence-electron chi connectivity index (χ1n) is 11.0. The zero-order chi connectivity index (χ0) is 20.0. The normalized spacial score (nSPS) is 12.0. The topological polar surface area (TPSA) is 31.4 Å². The third-order valence-electron chi connectivity index (χ3n) is 5.21. The molecule has 0 saturated heterocycles. The van der Waals surface area contributed by atoms with E-state index in [9.17, 15) is 0 Å². The Kier molecular flexibility index (Phi) is 10.5. The van der Waals surface area contributed by atoms with Crippen LogP contribution in [0.3, 0.4) is 0 Å². The number of aromatic nitrogens is 1. The van der Waals surface area contributed by atoms with Gasteiger partial charge in [0.1, 0.15) is 11.5 Å². The van der Waals surface area contributed by atoms with Crippen LogP contribution in [-0.4, -0.2) is 18.2 Å². The van der Waals surface area contributed by atoms with Crippen molar-refractivity contribution in [3.63, 3.8) is 0 Å². The van der Waals surface area contributed by atoms with Gasteiger partial charge in [-0.25, -0.2) is 0 Å². The zero-order valence-corrected chi connectivity index (χ0v) is 18.0. The number of rotatable bonds is 14. The standard InChI is InChI=1S/C25H37NO2/c1-4-6-9-18-28-24-16-17-25(26-20-24)22-12-14-23(15-13-22)27-19-10-7-8-11-21(3)5-2/h12-17,20-21H,4-11,18-19H2,1-3H3. The molecule has 0 N–H and O–H groups in total. The van der Waals surface area contributed by atoms with E-state index < -0.39 is 0 Å². The lowest BCUT2D eigenvalue weighted by atomic mass is 10.0. The van der Waals surface area contributed by atoms with Crippen LogP contribution in [-0.2, 0) is 0 Å². The molecular weight excluding hydrogens is 346 g/mol. The molecule has 1 aromatic heterocycles. The van der Waals surface area contributed by atoms with Crippen LogP contribution in [0, 0.1) is 5.92 Å². The van der Waals surface area contributed by atoms with E-state index in [4.69, 9.17) is 9.47 Å². The van der Waals surface area contributed by atoms with Gasteiger partial charge in [0.05, 0.1) is 25.1 Å². The molecule has 3 heteroatoms. The van der Waals surface area contributed by atoms with Gasteiger partial charge >= 0.3 is 0 Å². The summed E-state index contributed by atoms with van der Waals surface area (Å²) in [6.07, 6.45) is 11.6. The summed E-state index contributed by atoms with van der Waals surface area (Å²) in [5.74, 6) is 2.62. The summed E-state index contributed by atoms with van der Waals surface area (Å²) in [4.78, 5) is 4.53. The Morgan fingerprint density at radius 1 is 0.786 bits per heavy atom. The van der Waals surface area contributed by atoms with E-state index in [0.29, 0.717) is 0 Å². The fourth-order valence-corrected chi connectivity index (χ4v) is 3.07. The van der Waals surface area contributed by atoms with Gasteiger partial charge in [0.15, 0.2) is 0 Å². The van der Waals surface area contributed by atoms with Crippen molar-refractivity contribution in [1.29, 1.82) is 0 Å². The Morgan fingerprint density at radius 2 is 1.46 bits per heavy atom. The van der Waals surface area contributed by atoms with Gasteiger partial charge in [-0.3, -0.25) is 4.98 Å². The van der Waals surface area contributed by atoms with Crippen LogP contribution < -0.4 is 9.47 Å². The lowest BCUT2D eigenvalue weighted by Crippen LogP contribution is -1.98. The van der Waals surface area contributed by atoms with Crippen molar-refractivity contribution in [2.45, 2.75) is 72.1 Å². The molecule has 0 amide bonds. The number of hydrogen-bond acceptors (Lipinski definition) is 3. The summed E-state index contributed by atoms with van der Waals surface area (Å²) in [6, 6.07) is 12.2. The monoisotopic (exact) mass is 383 g/mol. The molecule has 1 unspecified atom stereocenters. The van der Waals surface area contributed by atoms with Crippen molar-refractivity contribution < 1.29 is 9.47 Å². The average Bonchev–Trinajstić information content (AvgIpc) is 2.74. The Morgan fingerprint density at radius 3 is 2.11 bits per heavy atom. The first-order valence-corrected chi connectivity index (χ1v) is 11.0. The van der Waals surface area contributed by atoms with E-state index in [1.807, 2.05) is 30.5 Å². The van der Waals surface area contributed by atoms with Crippen LogP contribution in [0.5, 0.6) is 11.5 Å². The van der Waals surface area contributed by atoms with Gasteiger partial charge in [-0.1, -0.05) is 59.3 Å². The molecule has 1 heterocycles. The Labute approximate surface area is 171 Å². The lowest BCUT2D eigenvalue weighted by molar-refractivity contribution is 0.302. The summed E-state index contributed by atoms with van der Waals surface area (Å²) in [5, 5.41) is 0. The summed E-state index contributed by atoms with van der Waals surface area (Å²) < 4.78 is 11.6. The Bertz CT molecular complexity index is 637. The van der Waals surface area contributed by atoms with Gasteiger partial charge in [0, 0.05) is 5.56 Å². The van der Waals surface area contributed by atoms with Crippen LogP contribution in [0.15, 0.2) is 42.6 Å². The van der Waals surface area contributed by atoms with E-state index in [-0.39, 0.29) is 0 Å². The molecule has 1 aromatic carbocycles. The average molecular weight is 384 g/mol. The minimum atomic E-state index is 0.762. The number of pyridine rings is 1. The highest BCUT2D eigenvalue weighted by molar-refractivity contribution is 5.60. The molecule has 154 valence electrons. The molecule has 2 aromatic rings. The Hall–Kier alpha value is -2.03. The third-order valence-corrected chi connectivity index (χ3v) is 5.21. The van der Waals surface area contributed by atoms with Gasteiger partial charge in [-0.2, -0.15) is 0 Å². The lowest BCUT2D eigenvalue weighted by Gasteiger charge is -2.09. The van der Waals surface area contributed by atoms with Crippen LogP contribution in [0.25, 0.3) is 11.3 Å². The molecule has 0 bridgehead atoms. The van der Waals surface area contributed by atoms with Crippen molar-refractivity contribution in [1.82, 2.24) is 4.98 Å². The van der Waals surface area contributed by atoms with E-state index in [2.05, 4.69) is 37.9 Å². The number of ether oxygens (including phenoxy) is 2. The van der Waals surface area contributed by atoms with Crippen molar-refractivity contribution in [3.05, 3.63) is 42.6 Å². The van der Waals surface area contributed by atoms with E-state index in [0.717, 1.165) is 54.7 Å². The zero-order valence-electron chi connectivity index (χ0n) is 18.0. The van der Waals surface area contributed by atoms with E-state index in [1.165, 1.54) is 38.5 Å². The molecule has 0 saturated carbocycles. The van der Waals surface area contributed by atoms with Gasteiger partial charge < -0.3 is 9.47 Å². The maximum Gasteiger partial charge on any atom is 0.137 e. The number of hydrogen-bond donors (Lipinski definition) is 0. The van der Waals surface area contributed by atoms with Crippen molar-refractivity contribution >= 4 is 0 Å². The number of benzene rings is 1. The second-order valence-electron chi connectivity index (χ2n) is 7.67. The molecule has 3 nitrogen and oxygen atoms in total. The van der Waals surface area contributed by atoms with Crippen LogP contribution in [0.1, 0.15) is 72.1 Å². The highest BCUT2D eigenvalue weighted by Gasteiger charge is 2.02. The molecule has 28 heavy (non-hydrogen) atoms. The maximum absolute atomic E-state index is 5.87. The van der Waals surface area contributed by atoms with E-state index >= 15 is 0 Å². The molecule has 0 spiro atoms. The van der Waals surface area contributed by atoms with Crippen LogP contribution in [0.4, 0.5) is 0 Å². The second kappa shape index (κ2) is 13.2. The van der Waals surface area contributed by atoms with Gasteiger partial charge in [0.2, 0.25) is 0 Å². The molecule has 1 atom stereocenters. The first kappa shape index (κ1) is 22.3. The fourth-order valence-electron chi connectivity index (χ4n) is 3.07. The summed E-state index contributed by atoms with van der Waals surface area (Å²) >= 11 is 0. The van der Waals surface area contributed by atoms with Crippen molar-refractivity contribution in [3.8, 4) is 22.8 Å². The molecule has 2 rings (SSSR count). The van der Waals surface area contributed by atoms with Crippen LogP contribution >= 0.6 is 0 Å². The second-order valence-corrected chi connectivity index (χ2v) is 7.67. The van der Waals surface area contributed by atoms with Gasteiger partial charge in [0.25, 0.3) is 0 Å². The van der Waals surface area contributed by atoms with Crippen molar-refractivity contribution in [2.24, 2.45) is 5.92 Å². The highest BCUT2D eigenvalue weighted by Crippen LogP contribution is 2.23. The first-order chi connectivity index (χ1) is 13.7. The molecular formula is C25H37NO2. The molecule has 0 aliphatic rings. The molecule has 0 radical (unpaired) electrons.